The summed E-state index contributed by atoms with van der Waals surface area (Å²) >= 11 is 0. The third-order valence-electron chi connectivity index (χ3n) is 2.45. The Balaban J connectivity index is 2.57. The van der Waals surface area contributed by atoms with E-state index in [1.54, 1.807) is 6.92 Å². The first-order chi connectivity index (χ1) is 7.69. The number of carbonyl (C=O) groups excluding carboxylic acids is 1. The largest absolute Gasteiger partial charge is 0.492 e. The smallest absolute Gasteiger partial charge is 0.311 e. The summed E-state index contributed by atoms with van der Waals surface area (Å²) in [6.07, 6.45) is 0.919. The fraction of sp³-hybridized carbons (Fsp3) is 0.462. The Hall–Kier alpha value is -1.51. The minimum Gasteiger partial charge on any atom is -0.492 e. The minimum absolute atomic E-state index is 0.241. The lowest BCUT2D eigenvalue weighted by atomic mass is 10.1. The van der Waals surface area contributed by atoms with Crippen LogP contribution in [0.1, 0.15) is 19.4 Å². The summed E-state index contributed by atoms with van der Waals surface area (Å²) in [7, 11) is 1.39. The van der Waals surface area contributed by atoms with E-state index in [2.05, 4.69) is 11.7 Å². The van der Waals surface area contributed by atoms with Gasteiger partial charge in [-0.3, -0.25) is 4.79 Å². The number of hydrogen-bond donors (Lipinski definition) is 0. The molecule has 0 amide bonds. The van der Waals surface area contributed by atoms with Crippen LogP contribution < -0.4 is 4.74 Å². The Morgan fingerprint density at radius 3 is 2.69 bits per heavy atom. The highest BCUT2D eigenvalue weighted by atomic mass is 16.5. The van der Waals surface area contributed by atoms with Gasteiger partial charge in [0.05, 0.1) is 13.0 Å². The highest BCUT2D eigenvalue weighted by molar-refractivity contribution is 5.71. The van der Waals surface area contributed by atoms with Crippen molar-refractivity contribution >= 4 is 5.97 Å². The van der Waals surface area contributed by atoms with Crippen molar-refractivity contribution in [3.8, 4) is 5.75 Å². The van der Waals surface area contributed by atoms with Crippen LogP contribution in [0, 0.1) is 5.92 Å². The van der Waals surface area contributed by atoms with Gasteiger partial charge in [-0.25, -0.2) is 0 Å². The molecule has 0 bridgehead atoms. The molecule has 1 aromatic rings. The molecule has 0 aliphatic rings. The first-order valence-corrected chi connectivity index (χ1v) is 5.47. The average molecular weight is 222 g/mol. The van der Waals surface area contributed by atoms with Gasteiger partial charge in [0.1, 0.15) is 12.4 Å². The maximum absolute atomic E-state index is 11.2. The molecule has 0 aliphatic heterocycles. The highest BCUT2D eigenvalue weighted by Crippen LogP contribution is 2.19. The Morgan fingerprint density at radius 1 is 1.38 bits per heavy atom. The maximum Gasteiger partial charge on any atom is 0.311 e. The zero-order valence-electron chi connectivity index (χ0n) is 10.0. The van der Waals surface area contributed by atoms with E-state index in [1.165, 1.54) is 7.11 Å². The molecule has 0 saturated carbocycles. The normalized spacial score (nSPS) is 11.9. The van der Waals surface area contributed by atoms with Crippen molar-refractivity contribution in [2.24, 2.45) is 5.92 Å². The fourth-order valence-electron chi connectivity index (χ4n) is 1.42. The number of aryl methyl sites for hydroxylation is 1. The molecule has 0 N–H and O–H groups in total. The molecule has 0 saturated heterocycles. The molecule has 0 aromatic heterocycles. The molecule has 0 heterocycles. The topological polar surface area (TPSA) is 35.5 Å². The third-order valence-corrected chi connectivity index (χ3v) is 2.45. The van der Waals surface area contributed by atoms with Crippen LogP contribution in [0.4, 0.5) is 0 Å². The molecular formula is C13H18O3. The number of hydrogen-bond acceptors (Lipinski definition) is 3. The lowest BCUT2D eigenvalue weighted by Gasteiger charge is -2.13. The van der Waals surface area contributed by atoms with Gasteiger partial charge in [0.2, 0.25) is 0 Å². The maximum atomic E-state index is 11.2. The van der Waals surface area contributed by atoms with Crippen LogP contribution in [-0.4, -0.2) is 19.7 Å². The molecule has 0 radical (unpaired) electrons. The highest BCUT2D eigenvalue weighted by Gasteiger charge is 2.14. The van der Waals surface area contributed by atoms with Crippen molar-refractivity contribution in [3.63, 3.8) is 0 Å². The second kappa shape index (κ2) is 6.16. The third kappa shape index (κ3) is 3.26. The lowest BCUT2D eigenvalue weighted by Crippen LogP contribution is -2.20. The van der Waals surface area contributed by atoms with Gasteiger partial charge < -0.3 is 9.47 Å². The summed E-state index contributed by atoms with van der Waals surface area (Å²) in [5, 5.41) is 0. The molecule has 3 heteroatoms. The van der Waals surface area contributed by atoms with Gasteiger partial charge in [0.25, 0.3) is 0 Å². The van der Waals surface area contributed by atoms with E-state index in [-0.39, 0.29) is 11.9 Å². The number of para-hydroxylation sites is 1. The summed E-state index contributed by atoms with van der Waals surface area (Å²) in [6.45, 7) is 4.22. The zero-order chi connectivity index (χ0) is 12.0. The SMILES string of the molecule is CCc1ccccc1OCC(C)C(=O)OC. The van der Waals surface area contributed by atoms with Crippen molar-refractivity contribution < 1.29 is 14.3 Å². The molecule has 0 fully saturated rings. The van der Waals surface area contributed by atoms with Crippen LogP contribution >= 0.6 is 0 Å². The second-order valence-corrected chi connectivity index (χ2v) is 3.70. The summed E-state index contributed by atoms with van der Waals surface area (Å²) in [6, 6.07) is 7.85. The van der Waals surface area contributed by atoms with Crippen LogP contribution in [0.15, 0.2) is 24.3 Å². The summed E-state index contributed by atoms with van der Waals surface area (Å²) in [5.41, 5.74) is 1.15. The number of methoxy groups -OCH3 is 1. The van der Waals surface area contributed by atoms with Gasteiger partial charge in [0, 0.05) is 0 Å². The first-order valence-electron chi connectivity index (χ1n) is 5.47. The van der Waals surface area contributed by atoms with Gasteiger partial charge in [0.15, 0.2) is 0 Å². The summed E-state index contributed by atoms with van der Waals surface area (Å²) in [4.78, 5) is 11.2. The van der Waals surface area contributed by atoms with Crippen molar-refractivity contribution in [1.82, 2.24) is 0 Å². The monoisotopic (exact) mass is 222 g/mol. The van der Waals surface area contributed by atoms with Crippen LogP contribution in [-0.2, 0) is 16.0 Å². The van der Waals surface area contributed by atoms with Crippen LogP contribution in [0.3, 0.4) is 0 Å². The standard InChI is InChI=1S/C13H18O3/c1-4-11-7-5-6-8-12(11)16-9-10(2)13(14)15-3/h5-8,10H,4,9H2,1-3H3. The Labute approximate surface area is 96.4 Å². The first kappa shape index (κ1) is 12.6. The quantitative estimate of drug-likeness (QED) is 0.718. The molecule has 1 rings (SSSR count). The lowest BCUT2D eigenvalue weighted by molar-refractivity contribution is -0.145. The minimum atomic E-state index is -0.242. The van der Waals surface area contributed by atoms with Gasteiger partial charge in [-0.2, -0.15) is 0 Å². The predicted molar refractivity (Wildman–Crippen MR) is 62.5 cm³/mol. The molecule has 1 aromatic carbocycles. The van der Waals surface area contributed by atoms with Crippen molar-refractivity contribution in [2.75, 3.05) is 13.7 Å². The Kier molecular flexibility index (Phi) is 4.83. The molecule has 0 spiro atoms. The van der Waals surface area contributed by atoms with Crippen LogP contribution in [0.2, 0.25) is 0 Å². The van der Waals surface area contributed by atoms with Crippen molar-refractivity contribution in [2.45, 2.75) is 20.3 Å². The molecule has 1 atom stereocenters. The van der Waals surface area contributed by atoms with Gasteiger partial charge in [-0.05, 0) is 25.0 Å². The molecule has 0 aliphatic carbocycles. The Morgan fingerprint density at radius 2 is 2.06 bits per heavy atom. The molecular weight excluding hydrogens is 204 g/mol. The molecule has 3 nitrogen and oxygen atoms in total. The summed E-state index contributed by atoms with van der Waals surface area (Å²) < 4.78 is 10.2. The van der Waals surface area contributed by atoms with Gasteiger partial charge in [-0.1, -0.05) is 25.1 Å². The zero-order valence-corrected chi connectivity index (χ0v) is 10.0. The van der Waals surface area contributed by atoms with E-state index in [4.69, 9.17) is 4.74 Å². The second-order valence-electron chi connectivity index (χ2n) is 3.70. The fourth-order valence-corrected chi connectivity index (χ4v) is 1.42. The van der Waals surface area contributed by atoms with E-state index in [0.29, 0.717) is 6.61 Å². The van der Waals surface area contributed by atoms with E-state index >= 15 is 0 Å². The Bertz CT molecular complexity index is 347. The number of esters is 1. The van der Waals surface area contributed by atoms with Gasteiger partial charge >= 0.3 is 5.97 Å². The van der Waals surface area contributed by atoms with Gasteiger partial charge in [-0.15, -0.1) is 0 Å². The van der Waals surface area contributed by atoms with E-state index in [1.807, 2.05) is 24.3 Å². The van der Waals surface area contributed by atoms with E-state index < -0.39 is 0 Å². The molecule has 88 valence electrons. The molecule has 16 heavy (non-hydrogen) atoms. The van der Waals surface area contributed by atoms with Crippen molar-refractivity contribution in [3.05, 3.63) is 29.8 Å². The number of ether oxygens (including phenoxy) is 2. The predicted octanol–water partition coefficient (Wildman–Crippen LogP) is 2.44. The van der Waals surface area contributed by atoms with Crippen LogP contribution in [0.25, 0.3) is 0 Å². The number of benzene rings is 1. The summed E-state index contributed by atoms with van der Waals surface area (Å²) in [5.74, 6) is 0.365. The van der Waals surface area contributed by atoms with E-state index in [9.17, 15) is 4.79 Å². The number of rotatable bonds is 5. The van der Waals surface area contributed by atoms with E-state index in [0.717, 1.165) is 17.7 Å². The number of carbonyl (C=O) groups is 1. The average Bonchev–Trinajstić information content (AvgIpc) is 2.35. The van der Waals surface area contributed by atoms with Crippen LogP contribution in [0.5, 0.6) is 5.75 Å². The van der Waals surface area contributed by atoms with Crippen molar-refractivity contribution in [1.29, 1.82) is 0 Å². The molecule has 1 unspecified atom stereocenters.